The third-order valence-electron chi connectivity index (χ3n) is 6.07. The van der Waals surface area contributed by atoms with Crippen molar-refractivity contribution in [2.24, 2.45) is 11.7 Å². The fraction of sp³-hybridized carbons (Fsp3) is 0.481. The molecule has 32 heavy (non-hydrogen) atoms. The molecule has 174 valence electrons. The maximum absolute atomic E-state index is 12.9. The highest BCUT2D eigenvalue weighted by molar-refractivity contribution is 5.90. The van der Waals surface area contributed by atoms with Gasteiger partial charge >= 0.3 is 0 Å². The van der Waals surface area contributed by atoms with Gasteiger partial charge in [0.25, 0.3) is 0 Å². The largest absolute Gasteiger partial charge is 0.348 e. The van der Waals surface area contributed by atoms with Gasteiger partial charge in [0.15, 0.2) is 0 Å². The number of nitrogens with zero attached hydrogens (tertiary/aromatic N) is 1. The Morgan fingerprint density at radius 2 is 1.66 bits per heavy atom. The molecule has 3 N–H and O–H groups in total. The molecule has 0 radical (unpaired) electrons. The van der Waals surface area contributed by atoms with E-state index in [2.05, 4.69) is 48.6 Å². The van der Waals surface area contributed by atoms with Gasteiger partial charge in [0, 0.05) is 6.54 Å². The SMILES string of the molecule is CC.Cc1ccccc1-c1ccc(C(C)NC(=O)C2CCCN2C(=O)C(N)C(C)C)cc1. The Kier molecular flexibility index (Phi) is 9.45. The second-order valence-corrected chi connectivity index (χ2v) is 8.63. The Balaban J connectivity index is 0.00000176. The summed E-state index contributed by atoms with van der Waals surface area (Å²) in [7, 11) is 0. The standard InChI is InChI=1S/C25H33N3O2.C2H6/c1-16(2)23(26)25(30)28-15-7-10-22(28)24(29)27-18(4)19-11-13-20(14-12-19)21-9-6-5-8-17(21)3;1-2/h5-6,8-9,11-14,16,18,22-23H,7,10,15,26H2,1-4H3,(H,27,29);1-2H3. The third-order valence-corrected chi connectivity index (χ3v) is 6.07. The van der Waals surface area contributed by atoms with E-state index < -0.39 is 12.1 Å². The minimum absolute atomic E-state index is 0.0486. The van der Waals surface area contributed by atoms with Crippen molar-refractivity contribution >= 4 is 11.8 Å². The average Bonchev–Trinajstić information content (AvgIpc) is 3.30. The molecule has 0 spiro atoms. The molecule has 2 amide bonds. The molecule has 0 aromatic heterocycles. The van der Waals surface area contributed by atoms with Crippen LogP contribution in [0, 0.1) is 12.8 Å². The van der Waals surface area contributed by atoms with E-state index in [1.54, 1.807) is 4.90 Å². The number of benzene rings is 2. The smallest absolute Gasteiger partial charge is 0.243 e. The number of hydrogen-bond acceptors (Lipinski definition) is 3. The van der Waals surface area contributed by atoms with Gasteiger partial charge in [0.1, 0.15) is 6.04 Å². The maximum atomic E-state index is 12.9. The van der Waals surface area contributed by atoms with Crippen molar-refractivity contribution in [1.29, 1.82) is 0 Å². The van der Waals surface area contributed by atoms with Gasteiger partial charge in [-0.25, -0.2) is 0 Å². The molecular weight excluding hydrogens is 398 g/mol. The molecule has 1 aliphatic rings. The van der Waals surface area contributed by atoms with Gasteiger partial charge in [-0.05, 0) is 54.9 Å². The quantitative estimate of drug-likeness (QED) is 0.679. The number of nitrogens with two attached hydrogens (primary N) is 1. The van der Waals surface area contributed by atoms with E-state index in [9.17, 15) is 9.59 Å². The predicted octanol–water partition coefficient (Wildman–Crippen LogP) is 4.84. The summed E-state index contributed by atoms with van der Waals surface area (Å²) in [4.78, 5) is 27.3. The van der Waals surface area contributed by atoms with Crippen LogP contribution >= 0.6 is 0 Å². The molecule has 5 heteroatoms. The minimum Gasteiger partial charge on any atom is -0.348 e. The summed E-state index contributed by atoms with van der Waals surface area (Å²) in [6.45, 7) is 12.5. The van der Waals surface area contributed by atoms with E-state index in [1.165, 1.54) is 11.1 Å². The van der Waals surface area contributed by atoms with Gasteiger partial charge in [0.05, 0.1) is 12.1 Å². The van der Waals surface area contributed by atoms with E-state index in [4.69, 9.17) is 5.73 Å². The third kappa shape index (κ3) is 5.98. The summed E-state index contributed by atoms with van der Waals surface area (Å²) in [6, 6.07) is 15.4. The van der Waals surface area contributed by atoms with Crippen LogP contribution in [-0.2, 0) is 9.59 Å². The monoisotopic (exact) mass is 437 g/mol. The first-order valence-electron chi connectivity index (χ1n) is 11.8. The summed E-state index contributed by atoms with van der Waals surface area (Å²) in [5.74, 6) is -0.183. The van der Waals surface area contributed by atoms with Crippen LogP contribution in [0.5, 0.6) is 0 Å². The van der Waals surface area contributed by atoms with E-state index >= 15 is 0 Å². The van der Waals surface area contributed by atoms with Crippen LogP contribution in [0.1, 0.15) is 64.6 Å². The number of rotatable bonds is 6. The Bertz CT molecular complexity index is 892. The highest BCUT2D eigenvalue weighted by Crippen LogP contribution is 2.25. The van der Waals surface area contributed by atoms with Gasteiger partial charge < -0.3 is 16.0 Å². The molecule has 1 fully saturated rings. The number of aryl methyl sites for hydroxylation is 1. The number of carbonyl (C=O) groups is 2. The molecule has 1 aliphatic heterocycles. The number of hydrogen-bond donors (Lipinski definition) is 2. The van der Waals surface area contributed by atoms with Crippen molar-refractivity contribution in [3.8, 4) is 11.1 Å². The van der Waals surface area contributed by atoms with E-state index in [0.29, 0.717) is 13.0 Å². The molecule has 1 heterocycles. The number of likely N-dealkylation sites (tertiary alicyclic amines) is 1. The number of nitrogens with one attached hydrogen (secondary N) is 1. The summed E-state index contributed by atoms with van der Waals surface area (Å²) >= 11 is 0. The Labute approximate surface area is 193 Å². The second-order valence-electron chi connectivity index (χ2n) is 8.63. The fourth-order valence-corrected chi connectivity index (χ4v) is 4.02. The molecule has 0 aliphatic carbocycles. The zero-order valence-corrected chi connectivity index (χ0v) is 20.4. The van der Waals surface area contributed by atoms with Crippen LogP contribution in [-0.4, -0.2) is 35.3 Å². The van der Waals surface area contributed by atoms with Gasteiger partial charge in [-0.2, -0.15) is 0 Å². The Hall–Kier alpha value is -2.66. The minimum atomic E-state index is -0.565. The molecule has 2 aromatic carbocycles. The van der Waals surface area contributed by atoms with Crippen molar-refractivity contribution in [1.82, 2.24) is 10.2 Å². The van der Waals surface area contributed by atoms with Gasteiger partial charge in [-0.3, -0.25) is 9.59 Å². The maximum Gasteiger partial charge on any atom is 0.243 e. The molecule has 0 saturated carbocycles. The van der Waals surface area contributed by atoms with Crippen molar-refractivity contribution in [2.45, 2.75) is 72.5 Å². The van der Waals surface area contributed by atoms with Crippen molar-refractivity contribution in [2.75, 3.05) is 6.54 Å². The topological polar surface area (TPSA) is 75.4 Å². The zero-order valence-electron chi connectivity index (χ0n) is 20.4. The highest BCUT2D eigenvalue weighted by atomic mass is 16.2. The number of amides is 2. The van der Waals surface area contributed by atoms with Gasteiger partial charge in [-0.1, -0.05) is 76.2 Å². The Morgan fingerprint density at radius 3 is 2.25 bits per heavy atom. The van der Waals surface area contributed by atoms with Crippen LogP contribution in [0.4, 0.5) is 0 Å². The summed E-state index contributed by atoms with van der Waals surface area (Å²) < 4.78 is 0. The van der Waals surface area contributed by atoms with Crippen molar-refractivity contribution < 1.29 is 9.59 Å². The lowest BCUT2D eigenvalue weighted by Gasteiger charge is -2.29. The summed E-state index contributed by atoms with van der Waals surface area (Å²) in [6.07, 6.45) is 1.51. The predicted molar refractivity (Wildman–Crippen MR) is 132 cm³/mol. The molecule has 1 saturated heterocycles. The first kappa shape index (κ1) is 25.6. The molecule has 3 unspecified atom stereocenters. The first-order valence-corrected chi connectivity index (χ1v) is 11.8. The first-order chi connectivity index (χ1) is 15.3. The van der Waals surface area contributed by atoms with Gasteiger partial charge in [0.2, 0.25) is 11.8 Å². The summed E-state index contributed by atoms with van der Waals surface area (Å²) in [5.41, 5.74) is 10.7. The second kappa shape index (κ2) is 11.8. The fourth-order valence-electron chi connectivity index (χ4n) is 4.02. The normalized spacial score (nSPS) is 17.4. The van der Waals surface area contributed by atoms with E-state index in [0.717, 1.165) is 17.5 Å². The lowest BCUT2D eigenvalue weighted by molar-refractivity contribution is -0.140. The molecular formula is C27H39N3O2. The molecule has 0 bridgehead atoms. The van der Waals surface area contributed by atoms with Crippen LogP contribution in [0.2, 0.25) is 0 Å². The lowest BCUT2D eigenvalue weighted by atomic mass is 9.98. The van der Waals surface area contributed by atoms with Crippen molar-refractivity contribution in [3.63, 3.8) is 0 Å². The Morgan fingerprint density at radius 1 is 1.03 bits per heavy atom. The van der Waals surface area contributed by atoms with Gasteiger partial charge in [-0.15, -0.1) is 0 Å². The molecule has 3 rings (SSSR count). The van der Waals surface area contributed by atoms with Crippen LogP contribution < -0.4 is 11.1 Å². The van der Waals surface area contributed by atoms with Crippen LogP contribution in [0.3, 0.4) is 0 Å². The summed E-state index contributed by atoms with van der Waals surface area (Å²) in [5, 5.41) is 3.09. The van der Waals surface area contributed by atoms with Crippen molar-refractivity contribution in [3.05, 3.63) is 59.7 Å². The average molecular weight is 438 g/mol. The molecule has 2 aromatic rings. The lowest BCUT2D eigenvalue weighted by Crippen LogP contribution is -2.52. The molecule has 3 atom stereocenters. The highest BCUT2D eigenvalue weighted by Gasteiger charge is 2.37. The van der Waals surface area contributed by atoms with E-state index in [1.807, 2.05) is 46.8 Å². The van der Waals surface area contributed by atoms with E-state index in [-0.39, 0.29) is 23.8 Å². The number of carbonyl (C=O) groups excluding carboxylic acids is 2. The zero-order chi connectivity index (χ0) is 23.8. The van der Waals surface area contributed by atoms with Crippen LogP contribution in [0.25, 0.3) is 11.1 Å². The van der Waals surface area contributed by atoms with Crippen LogP contribution in [0.15, 0.2) is 48.5 Å². The molecule has 5 nitrogen and oxygen atoms in total.